The molecule has 0 amide bonds. The van der Waals surface area contributed by atoms with E-state index in [4.69, 9.17) is 5.73 Å². The smallest absolute Gasteiger partial charge is 0.338 e. The molecule has 0 bridgehead atoms. The van der Waals surface area contributed by atoms with Gasteiger partial charge >= 0.3 is 5.97 Å². The highest BCUT2D eigenvalue weighted by atomic mass is 16.4. The van der Waals surface area contributed by atoms with Gasteiger partial charge in [0.05, 0.1) is 17.3 Å². The van der Waals surface area contributed by atoms with Crippen LogP contribution in [0.1, 0.15) is 42.9 Å². The highest BCUT2D eigenvalue weighted by Gasteiger charge is 2.32. The molecule has 3 rings (SSSR count). The largest absolute Gasteiger partial charge is 0.478 e. The number of aromatic nitrogens is 1. The topological polar surface area (TPSA) is 85.3 Å². The van der Waals surface area contributed by atoms with Gasteiger partial charge in [0, 0.05) is 16.5 Å². The molecule has 1 atom stereocenters. The average Bonchev–Trinajstić information content (AvgIpc) is 2.60. The molecule has 0 aliphatic rings. The number of para-hydroxylation sites is 1. The quantitative estimate of drug-likeness (QED) is 0.753. The number of aromatic carboxylic acids is 1. The van der Waals surface area contributed by atoms with Crippen LogP contribution >= 0.6 is 0 Å². The maximum atomic E-state index is 13.3. The van der Waals surface area contributed by atoms with E-state index >= 15 is 0 Å². The molecular weight excluding hydrogens is 328 g/mol. The Labute approximate surface area is 151 Å². The Bertz CT molecular complexity index is 1030. The van der Waals surface area contributed by atoms with E-state index < -0.39 is 17.4 Å². The standard InChI is InChI=1S/C21H22N2O3/c1-21(2,3)18(22)17-16(20(25)26)14-11-7-8-12-15(14)19(24)23(17)13-9-5-4-6-10-13/h4-12,18H,22H2,1-3H3,(H,25,26). The highest BCUT2D eigenvalue weighted by Crippen LogP contribution is 2.35. The molecule has 0 aliphatic carbocycles. The molecule has 3 N–H and O–H groups in total. The van der Waals surface area contributed by atoms with Crippen molar-refractivity contribution in [3.63, 3.8) is 0 Å². The van der Waals surface area contributed by atoms with Crippen LogP contribution in [-0.2, 0) is 0 Å². The molecule has 0 saturated heterocycles. The van der Waals surface area contributed by atoms with Crippen LogP contribution in [0.15, 0.2) is 59.4 Å². The van der Waals surface area contributed by atoms with Crippen LogP contribution in [0, 0.1) is 5.41 Å². The number of rotatable bonds is 3. The summed E-state index contributed by atoms with van der Waals surface area (Å²) >= 11 is 0. The first-order valence-corrected chi connectivity index (χ1v) is 8.45. The van der Waals surface area contributed by atoms with E-state index in [0.717, 1.165) is 0 Å². The SMILES string of the molecule is CC(C)(C)C(N)c1c(C(=O)O)c2ccccc2c(=O)n1-c1ccccc1. The second-order valence-electron chi connectivity index (χ2n) is 7.43. The van der Waals surface area contributed by atoms with Gasteiger partial charge in [-0.15, -0.1) is 0 Å². The Morgan fingerprint density at radius 2 is 1.54 bits per heavy atom. The first kappa shape index (κ1) is 17.9. The summed E-state index contributed by atoms with van der Waals surface area (Å²) in [6.07, 6.45) is 0. The van der Waals surface area contributed by atoms with Crippen LogP contribution in [0.5, 0.6) is 0 Å². The first-order valence-electron chi connectivity index (χ1n) is 8.45. The average molecular weight is 350 g/mol. The number of carboxylic acids is 1. The fraction of sp³-hybridized carbons (Fsp3) is 0.238. The summed E-state index contributed by atoms with van der Waals surface area (Å²) in [5, 5.41) is 10.7. The number of nitrogens with two attached hydrogens (primary N) is 1. The maximum Gasteiger partial charge on any atom is 0.338 e. The summed E-state index contributed by atoms with van der Waals surface area (Å²) in [6, 6.07) is 15.1. The van der Waals surface area contributed by atoms with Crippen molar-refractivity contribution in [1.82, 2.24) is 4.57 Å². The lowest BCUT2D eigenvalue weighted by molar-refractivity contribution is 0.0695. The second-order valence-corrected chi connectivity index (χ2v) is 7.43. The molecule has 5 heteroatoms. The molecular formula is C21H22N2O3. The predicted octanol–water partition coefficient (Wildman–Crippen LogP) is 3.73. The van der Waals surface area contributed by atoms with Gasteiger partial charge in [-0.25, -0.2) is 4.79 Å². The van der Waals surface area contributed by atoms with E-state index in [2.05, 4.69) is 0 Å². The normalized spacial score (nSPS) is 12.9. The first-order chi connectivity index (χ1) is 12.2. The van der Waals surface area contributed by atoms with E-state index in [9.17, 15) is 14.7 Å². The van der Waals surface area contributed by atoms with E-state index in [1.54, 1.807) is 36.4 Å². The lowest BCUT2D eigenvalue weighted by Gasteiger charge is -2.31. The van der Waals surface area contributed by atoms with E-state index in [1.807, 2.05) is 39.0 Å². The van der Waals surface area contributed by atoms with Crippen LogP contribution < -0.4 is 11.3 Å². The number of carboxylic acid groups (broad SMARTS) is 1. The molecule has 134 valence electrons. The molecule has 0 aliphatic heterocycles. The molecule has 26 heavy (non-hydrogen) atoms. The number of hydrogen-bond acceptors (Lipinski definition) is 3. The van der Waals surface area contributed by atoms with Gasteiger partial charge < -0.3 is 10.8 Å². The third-order valence-corrected chi connectivity index (χ3v) is 4.58. The van der Waals surface area contributed by atoms with Crippen molar-refractivity contribution in [3.8, 4) is 5.69 Å². The molecule has 0 saturated carbocycles. The molecule has 1 heterocycles. The van der Waals surface area contributed by atoms with Crippen molar-refractivity contribution in [2.24, 2.45) is 11.1 Å². The van der Waals surface area contributed by atoms with E-state index in [1.165, 1.54) is 4.57 Å². The zero-order valence-electron chi connectivity index (χ0n) is 15.1. The van der Waals surface area contributed by atoms with Crippen molar-refractivity contribution in [3.05, 3.63) is 76.2 Å². The van der Waals surface area contributed by atoms with Gasteiger partial charge in [-0.05, 0) is 23.6 Å². The minimum Gasteiger partial charge on any atom is -0.478 e. The van der Waals surface area contributed by atoms with Crippen molar-refractivity contribution in [2.75, 3.05) is 0 Å². The summed E-state index contributed by atoms with van der Waals surface area (Å²) < 4.78 is 1.45. The van der Waals surface area contributed by atoms with Crippen molar-refractivity contribution >= 4 is 16.7 Å². The lowest BCUT2D eigenvalue weighted by atomic mass is 9.82. The maximum absolute atomic E-state index is 13.3. The monoisotopic (exact) mass is 350 g/mol. The van der Waals surface area contributed by atoms with Crippen molar-refractivity contribution < 1.29 is 9.90 Å². The Kier molecular flexibility index (Phi) is 4.42. The highest BCUT2D eigenvalue weighted by molar-refractivity contribution is 6.04. The van der Waals surface area contributed by atoms with Crippen LogP contribution in [0.25, 0.3) is 16.5 Å². The Hall–Kier alpha value is -2.92. The van der Waals surface area contributed by atoms with Gasteiger partial charge in [0.15, 0.2) is 0 Å². The van der Waals surface area contributed by atoms with E-state index in [0.29, 0.717) is 22.2 Å². The number of fused-ring (bicyclic) bond motifs is 1. The molecule has 0 spiro atoms. The fourth-order valence-corrected chi connectivity index (χ4v) is 3.13. The second kappa shape index (κ2) is 6.42. The number of benzene rings is 2. The van der Waals surface area contributed by atoms with Gasteiger partial charge in [0.1, 0.15) is 0 Å². The zero-order chi connectivity index (χ0) is 19.1. The zero-order valence-corrected chi connectivity index (χ0v) is 15.1. The van der Waals surface area contributed by atoms with Gasteiger partial charge in [-0.1, -0.05) is 57.2 Å². The lowest BCUT2D eigenvalue weighted by Crippen LogP contribution is -2.35. The Morgan fingerprint density at radius 1 is 1.00 bits per heavy atom. The molecule has 0 fully saturated rings. The van der Waals surface area contributed by atoms with Gasteiger partial charge in [-0.2, -0.15) is 0 Å². The van der Waals surface area contributed by atoms with Crippen LogP contribution in [0.3, 0.4) is 0 Å². The number of carbonyl (C=O) groups is 1. The number of nitrogens with zero attached hydrogens (tertiary/aromatic N) is 1. The molecule has 5 nitrogen and oxygen atoms in total. The van der Waals surface area contributed by atoms with Crippen molar-refractivity contribution in [2.45, 2.75) is 26.8 Å². The van der Waals surface area contributed by atoms with Gasteiger partial charge in [0.2, 0.25) is 0 Å². The number of hydrogen-bond donors (Lipinski definition) is 2. The predicted molar refractivity (Wildman–Crippen MR) is 103 cm³/mol. The molecule has 1 unspecified atom stereocenters. The van der Waals surface area contributed by atoms with Crippen LogP contribution in [0.2, 0.25) is 0 Å². The van der Waals surface area contributed by atoms with Crippen LogP contribution in [0.4, 0.5) is 0 Å². The summed E-state index contributed by atoms with van der Waals surface area (Å²) in [5.41, 5.74) is 6.77. The molecule has 3 aromatic rings. The Balaban J connectivity index is 2.58. The summed E-state index contributed by atoms with van der Waals surface area (Å²) in [5.74, 6) is -1.10. The number of pyridine rings is 1. The molecule has 0 radical (unpaired) electrons. The van der Waals surface area contributed by atoms with Crippen molar-refractivity contribution in [1.29, 1.82) is 0 Å². The third kappa shape index (κ3) is 2.91. The Morgan fingerprint density at radius 3 is 2.08 bits per heavy atom. The summed E-state index contributed by atoms with van der Waals surface area (Å²) in [7, 11) is 0. The van der Waals surface area contributed by atoms with Crippen LogP contribution in [-0.4, -0.2) is 15.6 Å². The fourth-order valence-electron chi connectivity index (χ4n) is 3.13. The minimum absolute atomic E-state index is 0.0754. The summed E-state index contributed by atoms with van der Waals surface area (Å²) in [6.45, 7) is 5.79. The van der Waals surface area contributed by atoms with E-state index in [-0.39, 0.29) is 11.1 Å². The minimum atomic E-state index is -1.10. The molecule has 1 aromatic heterocycles. The molecule has 2 aromatic carbocycles. The van der Waals surface area contributed by atoms with Gasteiger partial charge in [0.25, 0.3) is 5.56 Å². The van der Waals surface area contributed by atoms with Gasteiger partial charge in [-0.3, -0.25) is 9.36 Å². The summed E-state index contributed by atoms with van der Waals surface area (Å²) in [4.78, 5) is 25.5. The third-order valence-electron chi connectivity index (χ3n) is 4.58.